The monoisotopic (exact) mass is 254 g/mol. The highest BCUT2D eigenvalue weighted by Gasteiger charge is 2.14. The minimum Gasteiger partial charge on any atom is -0.462 e. The molecule has 4 heteroatoms. The Kier molecular flexibility index (Phi) is 5.70. The molecule has 0 aromatic heterocycles. The lowest BCUT2D eigenvalue weighted by Gasteiger charge is -2.09. The van der Waals surface area contributed by atoms with Crippen molar-refractivity contribution in [2.45, 2.75) is 19.8 Å². The van der Waals surface area contributed by atoms with Gasteiger partial charge in [-0.3, -0.25) is 4.79 Å². The maximum Gasteiger partial charge on any atom is 0.338 e. The Balaban J connectivity index is 3.04. The summed E-state index contributed by atoms with van der Waals surface area (Å²) >= 11 is 5.62. The smallest absolute Gasteiger partial charge is 0.338 e. The van der Waals surface area contributed by atoms with Gasteiger partial charge in [0, 0.05) is 11.4 Å². The number of carbonyl (C=O) groups excluding carboxylic acids is 2. The summed E-state index contributed by atoms with van der Waals surface area (Å²) in [5.41, 5.74) is 1.58. The van der Waals surface area contributed by atoms with Crippen LogP contribution in [0.1, 0.15) is 39.6 Å². The molecule has 0 spiro atoms. The van der Waals surface area contributed by atoms with Crippen molar-refractivity contribution in [2.75, 3.05) is 12.5 Å². The van der Waals surface area contributed by atoms with Crippen LogP contribution in [0.25, 0.3) is 0 Å². The fraction of sp³-hybridized carbons (Fsp3) is 0.385. The minimum absolute atomic E-state index is 0.295. The molecule has 0 aliphatic carbocycles. The van der Waals surface area contributed by atoms with Crippen LogP contribution in [0.4, 0.5) is 0 Å². The maximum absolute atomic E-state index is 11.6. The van der Waals surface area contributed by atoms with E-state index in [1.54, 1.807) is 19.1 Å². The van der Waals surface area contributed by atoms with Gasteiger partial charge in [-0.15, -0.1) is 11.6 Å². The van der Waals surface area contributed by atoms with Crippen LogP contribution in [0.3, 0.4) is 0 Å². The molecule has 0 heterocycles. The van der Waals surface area contributed by atoms with E-state index in [-0.39, 0.29) is 0 Å². The number of alkyl halides is 1. The highest BCUT2D eigenvalue weighted by atomic mass is 35.5. The number of aryl methyl sites for hydroxylation is 1. The van der Waals surface area contributed by atoms with Gasteiger partial charge >= 0.3 is 5.97 Å². The molecular formula is C13H15ClO3. The second kappa shape index (κ2) is 7.07. The molecule has 0 saturated carbocycles. The number of hydrogen-bond acceptors (Lipinski definition) is 3. The van der Waals surface area contributed by atoms with E-state index in [2.05, 4.69) is 0 Å². The van der Waals surface area contributed by atoms with E-state index in [1.807, 2.05) is 6.07 Å². The van der Waals surface area contributed by atoms with E-state index in [0.29, 0.717) is 36.3 Å². The topological polar surface area (TPSA) is 43.4 Å². The fourth-order valence-electron chi connectivity index (χ4n) is 1.61. The van der Waals surface area contributed by atoms with Crippen molar-refractivity contribution in [3.8, 4) is 0 Å². The Hall–Kier alpha value is -1.35. The number of rotatable bonds is 6. The molecule has 0 amide bonds. The molecule has 0 fully saturated rings. The van der Waals surface area contributed by atoms with Gasteiger partial charge in [-0.25, -0.2) is 4.79 Å². The summed E-state index contributed by atoms with van der Waals surface area (Å²) in [6.45, 7) is 2.03. The Morgan fingerprint density at radius 1 is 1.47 bits per heavy atom. The second-order valence-corrected chi connectivity index (χ2v) is 3.89. The number of carbonyl (C=O) groups is 2. The predicted octanol–water partition coefficient (Wildman–Crippen LogP) is 2.85. The van der Waals surface area contributed by atoms with Crippen LogP contribution in [-0.4, -0.2) is 24.7 Å². The van der Waals surface area contributed by atoms with Crippen LogP contribution in [0.2, 0.25) is 0 Å². The lowest BCUT2D eigenvalue weighted by molar-refractivity contribution is 0.0524. The third-order valence-electron chi connectivity index (χ3n) is 2.39. The van der Waals surface area contributed by atoms with Gasteiger partial charge < -0.3 is 4.74 Å². The Bertz CT molecular complexity index is 402. The largest absolute Gasteiger partial charge is 0.462 e. The van der Waals surface area contributed by atoms with Crippen LogP contribution >= 0.6 is 11.6 Å². The third-order valence-corrected chi connectivity index (χ3v) is 2.66. The quantitative estimate of drug-likeness (QED) is 0.445. The zero-order valence-electron chi connectivity index (χ0n) is 9.74. The molecule has 0 bridgehead atoms. The Morgan fingerprint density at radius 2 is 2.24 bits per heavy atom. The van der Waals surface area contributed by atoms with E-state index >= 15 is 0 Å². The number of aldehydes is 1. The maximum atomic E-state index is 11.6. The van der Waals surface area contributed by atoms with Crippen molar-refractivity contribution in [1.82, 2.24) is 0 Å². The Morgan fingerprint density at radius 3 is 2.82 bits per heavy atom. The van der Waals surface area contributed by atoms with Crippen LogP contribution in [0, 0.1) is 0 Å². The molecule has 0 aliphatic rings. The lowest BCUT2D eigenvalue weighted by Crippen LogP contribution is -2.10. The molecule has 0 unspecified atom stereocenters. The summed E-state index contributed by atoms with van der Waals surface area (Å²) in [6.07, 6.45) is 2.16. The van der Waals surface area contributed by atoms with Crippen LogP contribution in [0.5, 0.6) is 0 Å². The van der Waals surface area contributed by atoms with Crippen molar-refractivity contribution in [3.63, 3.8) is 0 Å². The first-order chi connectivity index (χ1) is 8.24. The molecule has 3 nitrogen and oxygen atoms in total. The predicted molar refractivity (Wildman–Crippen MR) is 66.8 cm³/mol. The number of halogens is 1. The first-order valence-electron chi connectivity index (χ1n) is 5.54. The molecule has 0 radical (unpaired) electrons. The first-order valence-corrected chi connectivity index (χ1v) is 6.08. The van der Waals surface area contributed by atoms with Gasteiger partial charge in [0.1, 0.15) is 0 Å². The summed E-state index contributed by atoms with van der Waals surface area (Å²) < 4.78 is 4.91. The molecular weight excluding hydrogens is 240 g/mol. The fourth-order valence-corrected chi connectivity index (χ4v) is 1.75. The van der Waals surface area contributed by atoms with E-state index < -0.39 is 5.97 Å². The summed E-state index contributed by atoms with van der Waals surface area (Å²) in [4.78, 5) is 22.7. The third kappa shape index (κ3) is 3.56. The Labute approximate surface area is 106 Å². The summed E-state index contributed by atoms with van der Waals surface area (Å²) in [5.74, 6) is 0.0735. The highest BCUT2D eigenvalue weighted by Crippen LogP contribution is 2.16. The van der Waals surface area contributed by atoms with Gasteiger partial charge in [-0.2, -0.15) is 0 Å². The van der Waals surface area contributed by atoms with E-state index in [1.165, 1.54) is 0 Å². The average Bonchev–Trinajstić information content (AvgIpc) is 2.36. The summed E-state index contributed by atoms with van der Waals surface area (Å²) in [6, 6.07) is 5.19. The second-order valence-electron chi connectivity index (χ2n) is 3.51. The first kappa shape index (κ1) is 13.7. The van der Waals surface area contributed by atoms with Crippen molar-refractivity contribution >= 4 is 23.9 Å². The highest BCUT2D eigenvalue weighted by molar-refractivity contribution is 6.17. The molecule has 0 saturated heterocycles. The SMILES string of the molecule is CCOC(=O)c1cccc(CCCCl)c1C=O. The van der Waals surface area contributed by atoms with Gasteiger partial charge in [0.05, 0.1) is 12.2 Å². The minimum atomic E-state index is -0.456. The van der Waals surface area contributed by atoms with Crippen LogP contribution < -0.4 is 0 Å². The standard InChI is InChI=1S/C13H15ClO3/c1-2-17-13(16)11-7-3-5-10(6-4-8-14)12(11)9-15/h3,5,7,9H,2,4,6,8H2,1H3. The lowest BCUT2D eigenvalue weighted by atomic mass is 9.99. The molecule has 17 heavy (non-hydrogen) atoms. The average molecular weight is 255 g/mol. The van der Waals surface area contributed by atoms with Crippen molar-refractivity contribution < 1.29 is 14.3 Å². The zero-order chi connectivity index (χ0) is 12.7. The molecule has 92 valence electrons. The van der Waals surface area contributed by atoms with Gasteiger partial charge in [0.2, 0.25) is 0 Å². The number of esters is 1. The number of benzene rings is 1. The van der Waals surface area contributed by atoms with Crippen LogP contribution in [0.15, 0.2) is 18.2 Å². The number of hydrogen-bond donors (Lipinski definition) is 0. The molecule has 0 aliphatic heterocycles. The van der Waals surface area contributed by atoms with Gasteiger partial charge in [0.15, 0.2) is 6.29 Å². The molecule has 1 aromatic carbocycles. The van der Waals surface area contributed by atoms with Crippen molar-refractivity contribution in [1.29, 1.82) is 0 Å². The van der Waals surface area contributed by atoms with Gasteiger partial charge in [0.25, 0.3) is 0 Å². The van der Waals surface area contributed by atoms with Gasteiger partial charge in [-0.05, 0) is 31.4 Å². The zero-order valence-corrected chi connectivity index (χ0v) is 10.5. The number of ether oxygens (including phenoxy) is 1. The summed E-state index contributed by atoms with van der Waals surface area (Å²) in [7, 11) is 0. The summed E-state index contributed by atoms with van der Waals surface area (Å²) in [5, 5.41) is 0. The molecule has 1 rings (SSSR count). The van der Waals surface area contributed by atoms with E-state index in [9.17, 15) is 9.59 Å². The van der Waals surface area contributed by atoms with Crippen molar-refractivity contribution in [2.24, 2.45) is 0 Å². The normalized spacial score (nSPS) is 10.0. The van der Waals surface area contributed by atoms with Crippen molar-refractivity contribution in [3.05, 3.63) is 34.9 Å². The molecule has 1 aromatic rings. The van der Waals surface area contributed by atoms with E-state index in [4.69, 9.17) is 16.3 Å². The molecule has 0 N–H and O–H groups in total. The molecule has 0 atom stereocenters. The van der Waals surface area contributed by atoms with Gasteiger partial charge in [-0.1, -0.05) is 12.1 Å². The van der Waals surface area contributed by atoms with E-state index in [0.717, 1.165) is 12.0 Å². The van der Waals surface area contributed by atoms with Crippen LogP contribution in [-0.2, 0) is 11.2 Å².